The molecule has 0 unspecified atom stereocenters. The number of terminal acetylenes is 1. The minimum absolute atomic E-state index is 0.00677. The van der Waals surface area contributed by atoms with E-state index in [1.54, 1.807) is 0 Å². The summed E-state index contributed by atoms with van der Waals surface area (Å²) in [6, 6.07) is 5.73. The van der Waals surface area contributed by atoms with Crippen LogP contribution in [0, 0.1) is 24.0 Å². The van der Waals surface area contributed by atoms with Crippen LogP contribution in [0.5, 0.6) is 11.8 Å². The molecule has 0 radical (unpaired) electrons. The molecule has 216 valence electrons. The molecule has 3 fully saturated rings. The summed E-state index contributed by atoms with van der Waals surface area (Å²) < 4.78 is 51.9. The van der Waals surface area contributed by atoms with Crippen LogP contribution in [0.4, 0.5) is 19.0 Å². The second kappa shape index (κ2) is 10.0. The van der Waals surface area contributed by atoms with Gasteiger partial charge >= 0.3 is 6.01 Å². The van der Waals surface area contributed by atoms with E-state index in [1.165, 1.54) is 30.5 Å². The molecule has 2 aromatic carbocycles. The number of phenolic OH excluding ortho intramolecular Hbond substituents is 1. The molecule has 0 amide bonds. The number of benzene rings is 2. The van der Waals surface area contributed by atoms with Crippen LogP contribution in [0.2, 0.25) is 0 Å². The number of aromatic hydroxyl groups is 1. The minimum atomic E-state index is -0.909. The largest absolute Gasteiger partial charge is 0.508 e. The predicted octanol–water partition coefficient (Wildman–Crippen LogP) is 5.75. The zero-order valence-corrected chi connectivity index (χ0v) is 23.2. The monoisotopic (exact) mass is 573 g/mol. The number of phenols is 1. The third-order valence-electron chi connectivity index (χ3n) is 8.93. The molecular weight excluding hydrogens is 543 g/mol. The third-order valence-corrected chi connectivity index (χ3v) is 8.93. The minimum Gasteiger partial charge on any atom is -0.508 e. The lowest BCUT2D eigenvalue weighted by Crippen LogP contribution is -2.43. The molecule has 42 heavy (non-hydrogen) atoms. The Labute approximate surface area is 241 Å². The lowest BCUT2D eigenvalue weighted by molar-refractivity contribution is 0.107. The smallest absolute Gasteiger partial charge is 0.319 e. The van der Waals surface area contributed by atoms with E-state index >= 15 is 4.39 Å². The van der Waals surface area contributed by atoms with Gasteiger partial charge in [0, 0.05) is 42.7 Å². The van der Waals surface area contributed by atoms with Crippen molar-refractivity contribution in [2.45, 2.75) is 56.8 Å². The summed E-state index contributed by atoms with van der Waals surface area (Å²) in [7, 11) is 0. The Kier molecular flexibility index (Phi) is 6.39. The SMILES string of the molecule is C#Cc1c(F)ccc2cc(O)cc(-c3ncc4c(N(CC)C5CC5)nc(OC[C@@]56CCCN5C[C@H](F)C6)nc4c3F)c12. The molecule has 1 N–H and O–H groups in total. The summed E-state index contributed by atoms with van der Waals surface area (Å²) >= 11 is 0. The molecule has 2 aliphatic heterocycles. The summed E-state index contributed by atoms with van der Waals surface area (Å²) in [6.45, 7) is 4.06. The van der Waals surface area contributed by atoms with Crippen molar-refractivity contribution in [3.63, 3.8) is 0 Å². The molecule has 4 heterocycles. The fraction of sp³-hybridized carbons (Fsp3) is 0.406. The molecule has 7 rings (SSSR count). The van der Waals surface area contributed by atoms with E-state index in [4.69, 9.17) is 16.1 Å². The second-order valence-corrected chi connectivity index (χ2v) is 11.6. The standard InChI is InChI=1S/C32H30F3N5O2/c1-3-22-25(34)9-6-18-12-21(41)13-23(26(18)22)28-27(35)29-24(15-36-28)30(40(4-2)20-7-8-20)38-31(37-29)42-17-32-10-5-11-39(32)16-19(33)14-32/h1,6,9,12-13,15,19-20,41H,4-5,7-8,10-11,14,16-17H2,2H3/t19-,32+/m1/s1. The van der Waals surface area contributed by atoms with Crippen LogP contribution < -0.4 is 9.64 Å². The molecule has 2 aromatic heterocycles. The van der Waals surface area contributed by atoms with Crippen molar-refractivity contribution < 1.29 is 23.0 Å². The van der Waals surface area contributed by atoms with E-state index in [0.717, 1.165) is 32.2 Å². The normalized spacial score (nSPS) is 22.0. The highest BCUT2D eigenvalue weighted by atomic mass is 19.1. The maximum atomic E-state index is 16.6. The van der Waals surface area contributed by atoms with Crippen LogP contribution >= 0.6 is 0 Å². The van der Waals surface area contributed by atoms with Gasteiger partial charge in [0.25, 0.3) is 0 Å². The first kappa shape index (κ1) is 26.8. The number of fused-ring (bicyclic) bond motifs is 3. The van der Waals surface area contributed by atoms with Crippen molar-refractivity contribution in [2.75, 3.05) is 31.1 Å². The van der Waals surface area contributed by atoms with Gasteiger partial charge in [-0.3, -0.25) is 9.88 Å². The van der Waals surface area contributed by atoms with Crippen LogP contribution in [0.1, 0.15) is 44.6 Å². The van der Waals surface area contributed by atoms with E-state index < -0.39 is 23.3 Å². The van der Waals surface area contributed by atoms with Gasteiger partial charge in [-0.1, -0.05) is 12.0 Å². The highest BCUT2D eigenvalue weighted by Gasteiger charge is 2.49. The highest BCUT2D eigenvalue weighted by Crippen LogP contribution is 2.42. The number of nitrogens with zero attached hydrogens (tertiary/aromatic N) is 5. The molecule has 0 bridgehead atoms. The van der Waals surface area contributed by atoms with Gasteiger partial charge in [-0.2, -0.15) is 9.97 Å². The number of halogens is 3. The first-order chi connectivity index (χ1) is 20.3. The Morgan fingerprint density at radius 2 is 2.07 bits per heavy atom. The van der Waals surface area contributed by atoms with E-state index in [2.05, 4.69) is 25.7 Å². The number of anilines is 1. The number of hydrogen-bond donors (Lipinski definition) is 1. The summed E-state index contributed by atoms with van der Waals surface area (Å²) in [5, 5.41) is 11.6. The average Bonchev–Trinajstić information content (AvgIpc) is 3.66. The Hall–Kier alpha value is -4.10. The molecule has 4 aromatic rings. The average molecular weight is 574 g/mol. The maximum absolute atomic E-state index is 16.6. The van der Waals surface area contributed by atoms with E-state index in [-0.39, 0.29) is 52.1 Å². The van der Waals surface area contributed by atoms with Crippen molar-refractivity contribution in [3.05, 3.63) is 47.7 Å². The first-order valence-corrected chi connectivity index (χ1v) is 14.4. The molecule has 3 aliphatic rings. The fourth-order valence-corrected chi connectivity index (χ4v) is 6.86. The molecule has 1 aliphatic carbocycles. The van der Waals surface area contributed by atoms with E-state index in [0.29, 0.717) is 36.1 Å². The zero-order chi connectivity index (χ0) is 29.2. The Bertz CT molecular complexity index is 1770. The first-order valence-electron chi connectivity index (χ1n) is 14.4. The second-order valence-electron chi connectivity index (χ2n) is 11.6. The Morgan fingerprint density at radius 1 is 1.24 bits per heavy atom. The molecule has 1 saturated carbocycles. The van der Waals surface area contributed by atoms with Gasteiger partial charge < -0.3 is 14.7 Å². The molecule has 10 heteroatoms. The topological polar surface area (TPSA) is 74.6 Å². The summed E-state index contributed by atoms with van der Waals surface area (Å²) in [4.78, 5) is 17.9. The number of aromatic nitrogens is 3. The predicted molar refractivity (Wildman–Crippen MR) is 154 cm³/mol. The van der Waals surface area contributed by atoms with Crippen LogP contribution in [0.3, 0.4) is 0 Å². The van der Waals surface area contributed by atoms with E-state index in [1.807, 2.05) is 6.92 Å². The van der Waals surface area contributed by atoms with Crippen molar-refractivity contribution >= 4 is 27.5 Å². The zero-order valence-electron chi connectivity index (χ0n) is 23.2. The lowest BCUT2D eigenvalue weighted by atomic mass is 9.95. The van der Waals surface area contributed by atoms with Crippen LogP contribution in [0.15, 0.2) is 30.5 Å². The van der Waals surface area contributed by atoms with Crippen molar-refractivity contribution in [2.24, 2.45) is 0 Å². The van der Waals surface area contributed by atoms with Gasteiger partial charge in [0.15, 0.2) is 5.82 Å². The van der Waals surface area contributed by atoms with Gasteiger partial charge in [-0.05, 0) is 62.7 Å². The number of pyridine rings is 1. The molecule has 7 nitrogen and oxygen atoms in total. The van der Waals surface area contributed by atoms with Gasteiger partial charge in [0.2, 0.25) is 0 Å². The van der Waals surface area contributed by atoms with Gasteiger partial charge in [-0.15, -0.1) is 6.42 Å². The lowest BCUT2D eigenvalue weighted by Gasteiger charge is -2.31. The van der Waals surface area contributed by atoms with Crippen molar-refractivity contribution in [1.82, 2.24) is 19.9 Å². The molecule has 0 spiro atoms. The summed E-state index contributed by atoms with van der Waals surface area (Å²) in [5.74, 6) is 1.33. The van der Waals surface area contributed by atoms with Crippen molar-refractivity contribution in [3.8, 4) is 35.4 Å². The van der Waals surface area contributed by atoms with Crippen molar-refractivity contribution in [1.29, 1.82) is 0 Å². The van der Waals surface area contributed by atoms with Crippen LogP contribution in [-0.4, -0.2) is 69.0 Å². The quantitative estimate of drug-likeness (QED) is 0.282. The number of ether oxygens (including phenoxy) is 1. The van der Waals surface area contributed by atoms with Gasteiger partial charge in [0.1, 0.15) is 41.4 Å². The van der Waals surface area contributed by atoms with Gasteiger partial charge in [0.05, 0.1) is 16.5 Å². The third kappa shape index (κ3) is 4.29. The Morgan fingerprint density at radius 3 is 2.83 bits per heavy atom. The number of alkyl halides is 1. The number of rotatable bonds is 7. The summed E-state index contributed by atoms with van der Waals surface area (Å²) in [5.41, 5.74) is -0.464. The van der Waals surface area contributed by atoms with E-state index in [9.17, 15) is 13.9 Å². The Balaban J connectivity index is 1.39. The molecular formula is C32H30F3N5O2. The number of hydrogen-bond acceptors (Lipinski definition) is 7. The van der Waals surface area contributed by atoms with Gasteiger partial charge in [-0.25, -0.2) is 13.2 Å². The molecule has 2 atom stereocenters. The maximum Gasteiger partial charge on any atom is 0.319 e. The van der Waals surface area contributed by atoms with Crippen LogP contribution in [-0.2, 0) is 0 Å². The molecule has 2 saturated heterocycles. The summed E-state index contributed by atoms with van der Waals surface area (Å²) in [6.07, 6.45) is 10.4. The van der Waals surface area contributed by atoms with Crippen LogP contribution in [0.25, 0.3) is 32.9 Å². The highest BCUT2D eigenvalue weighted by molar-refractivity contribution is 6.03. The fourth-order valence-electron chi connectivity index (χ4n) is 6.86.